The van der Waals surface area contributed by atoms with E-state index in [0.717, 1.165) is 37.4 Å². The van der Waals surface area contributed by atoms with Crippen LogP contribution in [0.1, 0.15) is 60.3 Å². The van der Waals surface area contributed by atoms with Gasteiger partial charge in [0.05, 0.1) is 15.7 Å². The highest BCUT2D eigenvalue weighted by Crippen LogP contribution is 2.39. The lowest BCUT2D eigenvalue weighted by molar-refractivity contribution is -0.121. The lowest BCUT2D eigenvalue weighted by Crippen LogP contribution is -2.28. The molecule has 0 heterocycles. The van der Waals surface area contributed by atoms with Crippen molar-refractivity contribution in [3.63, 3.8) is 0 Å². The maximum Gasteiger partial charge on any atom is 0.227 e. The van der Waals surface area contributed by atoms with Crippen molar-refractivity contribution in [3.8, 4) is 0 Å². The minimum Gasteiger partial charge on any atom is -0.325 e. The zero-order valence-electron chi connectivity index (χ0n) is 16.7. The molecule has 0 aromatic heterocycles. The Balaban J connectivity index is 2.14. The molecule has 0 unspecified atom stereocenters. The Bertz CT molecular complexity index is 705. The van der Waals surface area contributed by atoms with Crippen molar-refractivity contribution in [1.82, 2.24) is 0 Å². The first-order valence-corrected chi connectivity index (χ1v) is 11.1. The van der Waals surface area contributed by atoms with E-state index in [1.807, 2.05) is 20.8 Å². The topological polar surface area (TPSA) is 46.2 Å². The van der Waals surface area contributed by atoms with E-state index in [-0.39, 0.29) is 16.9 Å². The Labute approximate surface area is 177 Å². The third-order valence-corrected chi connectivity index (χ3v) is 7.26. The monoisotopic (exact) mass is 429 g/mol. The van der Waals surface area contributed by atoms with Gasteiger partial charge in [-0.3, -0.25) is 9.59 Å². The van der Waals surface area contributed by atoms with Crippen LogP contribution in [-0.2, 0) is 9.59 Å². The number of nitrogens with one attached hydrogen (secondary N) is 1. The third-order valence-electron chi connectivity index (χ3n) is 5.18. The number of carbonyl (C=O) groups is 2. The number of thioether (sulfide) groups is 1. The van der Waals surface area contributed by atoms with Gasteiger partial charge in [0.2, 0.25) is 5.91 Å². The van der Waals surface area contributed by atoms with Crippen LogP contribution in [0.3, 0.4) is 0 Å². The molecule has 2 rings (SSSR count). The largest absolute Gasteiger partial charge is 0.325 e. The second-order valence-corrected chi connectivity index (χ2v) is 10.6. The van der Waals surface area contributed by atoms with Crippen LogP contribution < -0.4 is 5.32 Å². The van der Waals surface area contributed by atoms with Gasteiger partial charge in [0.25, 0.3) is 0 Å². The molecule has 150 valence electrons. The lowest BCUT2D eigenvalue weighted by atomic mass is 9.76. The number of anilines is 1. The fourth-order valence-electron chi connectivity index (χ4n) is 3.25. The van der Waals surface area contributed by atoms with Gasteiger partial charge in [0, 0.05) is 16.2 Å². The van der Waals surface area contributed by atoms with Crippen LogP contribution in [0, 0.1) is 23.2 Å². The Morgan fingerprint density at radius 2 is 1.63 bits per heavy atom. The zero-order valence-corrected chi connectivity index (χ0v) is 19.0. The summed E-state index contributed by atoms with van der Waals surface area (Å²) in [7, 11) is 0. The molecule has 1 N–H and O–H groups in total. The molecule has 1 saturated carbocycles. The first kappa shape index (κ1) is 22.6. The summed E-state index contributed by atoms with van der Waals surface area (Å²) < 4.78 is 0. The molecule has 0 aliphatic heterocycles. The number of carbonyl (C=O) groups excluding carboxylic acids is 2. The molecule has 1 amide bonds. The highest BCUT2D eigenvalue weighted by molar-refractivity contribution is 8.13. The summed E-state index contributed by atoms with van der Waals surface area (Å²) in [6, 6.07) is 3.29. The average molecular weight is 430 g/mol. The van der Waals surface area contributed by atoms with Gasteiger partial charge < -0.3 is 5.32 Å². The Morgan fingerprint density at radius 3 is 2.15 bits per heavy atom. The molecule has 6 heteroatoms. The van der Waals surface area contributed by atoms with Crippen molar-refractivity contribution in [3.05, 3.63) is 22.2 Å². The molecule has 27 heavy (non-hydrogen) atoms. The highest BCUT2D eigenvalue weighted by atomic mass is 35.5. The Kier molecular flexibility index (Phi) is 7.69. The van der Waals surface area contributed by atoms with Crippen LogP contribution in [0.5, 0.6) is 0 Å². The molecule has 1 aromatic rings. The fourth-order valence-corrected chi connectivity index (χ4v) is 4.54. The van der Waals surface area contributed by atoms with E-state index in [2.05, 4.69) is 19.2 Å². The van der Waals surface area contributed by atoms with Crippen LogP contribution in [0.15, 0.2) is 17.0 Å². The van der Waals surface area contributed by atoms with E-state index < -0.39 is 5.41 Å². The summed E-state index contributed by atoms with van der Waals surface area (Å²) in [6.45, 7) is 10.1. The van der Waals surface area contributed by atoms with Crippen LogP contribution in [0.25, 0.3) is 0 Å². The first-order chi connectivity index (χ1) is 12.5. The van der Waals surface area contributed by atoms with E-state index in [4.69, 9.17) is 23.2 Å². The second kappa shape index (κ2) is 9.19. The number of rotatable bonds is 4. The molecule has 1 aliphatic rings. The van der Waals surface area contributed by atoms with Gasteiger partial charge >= 0.3 is 0 Å². The molecule has 1 aromatic carbocycles. The molecule has 1 fully saturated rings. The molecule has 1 aliphatic carbocycles. The van der Waals surface area contributed by atoms with Crippen molar-refractivity contribution in [2.45, 2.75) is 65.2 Å². The predicted octanol–water partition coefficient (Wildman–Crippen LogP) is 7.06. The molecule has 0 spiro atoms. The zero-order chi connectivity index (χ0) is 20.4. The molecular formula is C21H29Cl2NO2S. The second-order valence-electron chi connectivity index (χ2n) is 8.75. The van der Waals surface area contributed by atoms with E-state index in [1.54, 1.807) is 12.1 Å². The minimum atomic E-state index is -0.493. The van der Waals surface area contributed by atoms with Gasteiger partial charge in [0.1, 0.15) is 0 Å². The van der Waals surface area contributed by atoms with Crippen LogP contribution >= 0.6 is 35.0 Å². The van der Waals surface area contributed by atoms with Gasteiger partial charge in [0.15, 0.2) is 5.12 Å². The van der Waals surface area contributed by atoms with E-state index in [9.17, 15) is 9.59 Å². The maximum absolute atomic E-state index is 12.8. The number of hydrogen-bond acceptors (Lipinski definition) is 3. The molecule has 0 radical (unpaired) electrons. The third kappa shape index (κ3) is 6.13. The summed E-state index contributed by atoms with van der Waals surface area (Å²) in [5.41, 5.74) is 0.0655. The van der Waals surface area contributed by atoms with Gasteiger partial charge in [-0.05, 0) is 61.4 Å². The van der Waals surface area contributed by atoms with Gasteiger partial charge in [-0.1, -0.05) is 57.8 Å². The van der Waals surface area contributed by atoms with Gasteiger partial charge in [-0.2, -0.15) is 0 Å². The number of amides is 1. The summed E-state index contributed by atoms with van der Waals surface area (Å²) in [5.74, 6) is 1.37. The van der Waals surface area contributed by atoms with Gasteiger partial charge in [-0.25, -0.2) is 0 Å². The van der Waals surface area contributed by atoms with Crippen LogP contribution in [0.2, 0.25) is 10.0 Å². The number of benzene rings is 1. The SMILES string of the molecule is CC(C)C1CCC(C(=O)Nc2cc(Cl)c(Cl)cc2SC(=O)C(C)(C)C)CC1. The maximum atomic E-state index is 12.8. The summed E-state index contributed by atoms with van der Waals surface area (Å²) in [5, 5.41) is 3.74. The van der Waals surface area contributed by atoms with E-state index in [0.29, 0.717) is 32.5 Å². The summed E-state index contributed by atoms with van der Waals surface area (Å²) in [4.78, 5) is 25.9. The van der Waals surface area contributed by atoms with Crippen molar-refractivity contribution in [2.75, 3.05) is 5.32 Å². The summed E-state index contributed by atoms with van der Waals surface area (Å²) in [6.07, 6.45) is 3.97. The number of halogens is 2. The smallest absolute Gasteiger partial charge is 0.227 e. The van der Waals surface area contributed by atoms with E-state index >= 15 is 0 Å². The van der Waals surface area contributed by atoms with Gasteiger partial charge in [-0.15, -0.1) is 0 Å². The van der Waals surface area contributed by atoms with Crippen molar-refractivity contribution < 1.29 is 9.59 Å². The molecule has 0 bridgehead atoms. The lowest BCUT2D eigenvalue weighted by Gasteiger charge is -2.30. The van der Waals surface area contributed by atoms with E-state index in [1.165, 1.54) is 0 Å². The average Bonchev–Trinajstić information content (AvgIpc) is 2.58. The quantitative estimate of drug-likeness (QED) is 0.520. The Hall–Kier alpha value is -0.710. The normalized spacial score (nSPS) is 20.6. The fraction of sp³-hybridized carbons (Fsp3) is 0.619. The predicted molar refractivity (Wildman–Crippen MR) is 116 cm³/mol. The molecule has 0 saturated heterocycles. The first-order valence-electron chi connectivity index (χ1n) is 9.51. The van der Waals surface area contributed by atoms with Crippen LogP contribution in [-0.4, -0.2) is 11.0 Å². The molecule has 0 atom stereocenters. The van der Waals surface area contributed by atoms with Crippen molar-refractivity contribution >= 4 is 51.7 Å². The van der Waals surface area contributed by atoms with Crippen molar-refractivity contribution in [2.24, 2.45) is 23.2 Å². The standard InChI is InChI=1S/C21H29Cl2NO2S/c1-12(2)13-6-8-14(9-7-13)19(25)24-17-10-15(22)16(23)11-18(17)27-20(26)21(3,4)5/h10-14H,6-9H2,1-5H3,(H,24,25). The molecule has 3 nitrogen and oxygen atoms in total. The van der Waals surface area contributed by atoms with Crippen LogP contribution in [0.4, 0.5) is 5.69 Å². The minimum absolute atomic E-state index is 0.000605. The van der Waals surface area contributed by atoms with Crippen molar-refractivity contribution in [1.29, 1.82) is 0 Å². The number of hydrogen-bond donors (Lipinski definition) is 1. The molecular weight excluding hydrogens is 401 g/mol. The summed E-state index contributed by atoms with van der Waals surface area (Å²) >= 11 is 13.4. The highest BCUT2D eigenvalue weighted by Gasteiger charge is 2.29. The Morgan fingerprint density at radius 1 is 1.07 bits per heavy atom.